The second-order valence-corrected chi connectivity index (χ2v) is 7.88. The number of ketones is 1. The Morgan fingerprint density at radius 2 is 2.03 bits per heavy atom. The van der Waals surface area contributed by atoms with Gasteiger partial charge in [0.15, 0.2) is 17.3 Å². The van der Waals surface area contributed by atoms with Gasteiger partial charge >= 0.3 is 0 Å². The van der Waals surface area contributed by atoms with E-state index in [1.165, 1.54) is 0 Å². The number of nitrogens with zero attached hydrogens (tertiary/aromatic N) is 2. The maximum absolute atomic E-state index is 12.9. The molecule has 0 saturated heterocycles. The molecule has 0 aromatic heterocycles. The zero-order valence-corrected chi connectivity index (χ0v) is 17.6. The van der Waals surface area contributed by atoms with Gasteiger partial charge in [0.25, 0.3) is 0 Å². The van der Waals surface area contributed by atoms with Crippen molar-refractivity contribution in [2.24, 2.45) is 11.7 Å². The molecule has 1 aliphatic carbocycles. The summed E-state index contributed by atoms with van der Waals surface area (Å²) in [5.41, 5.74) is 9.13. The lowest BCUT2D eigenvalue weighted by Crippen LogP contribution is -2.36. The summed E-state index contributed by atoms with van der Waals surface area (Å²) < 4.78 is 11.7. The van der Waals surface area contributed by atoms with Gasteiger partial charge in [0.1, 0.15) is 5.82 Å². The minimum atomic E-state index is -0.475. The number of rotatable bonds is 6. The molecule has 2 N–H and O–H groups in total. The molecule has 1 atom stereocenters. The quantitative estimate of drug-likeness (QED) is 0.787. The summed E-state index contributed by atoms with van der Waals surface area (Å²) >= 11 is 0. The maximum atomic E-state index is 12.9. The molecule has 0 unspecified atom stereocenters. The van der Waals surface area contributed by atoms with Gasteiger partial charge in [-0.05, 0) is 43.4 Å². The Morgan fingerprint density at radius 1 is 1.28 bits per heavy atom. The molecule has 1 aliphatic heterocycles. The van der Waals surface area contributed by atoms with E-state index in [4.69, 9.17) is 15.2 Å². The van der Waals surface area contributed by atoms with Gasteiger partial charge in [0, 0.05) is 24.7 Å². The Morgan fingerprint density at radius 3 is 2.69 bits per heavy atom. The number of benzene rings is 1. The summed E-state index contributed by atoms with van der Waals surface area (Å²) in [6.45, 7) is 7.16. The Hall–Kier alpha value is -2.94. The zero-order valence-electron chi connectivity index (χ0n) is 17.6. The van der Waals surface area contributed by atoms with E-state index in [9.17, 15) is 10.1 Å². The van der Waals surface area contributed by atoms with Crippen molar-refractivity contribution in [3.8, 4) is 17.6 Å². The van der Waals surface area contributed by atoms with Crippen LogP contribution in [-0.2, 0) is 4.79 Å². The normalized spacial score (nSPS) is 19.4. The average molecular weight is 396 g/mol. The first-order valence-corrected chi connectivity index (χ1v) is 10.2. The van der Waals surface area contributed by atoms with Crippen LogP contribution in [-0.4, -0.2) is 30.9 Å². The molecule has 29 heavy (non-hydrogen) atoms. The van der Waals surface area contributed by atoms with Crippen molar-refractivity contribution in [3.63, 3.8) is 0 Å². The number of carbonyl (C=O) groups is 1. The number of hydrogen-bond acceptors (Lipinski definition) is 6. The van der Waals surface area contributed by atoms with Gasteiger partial charge in [-0.1, -0.05) is 19.9 Å². The molecule has 6 heteroatoms. The van der Waals surface area contributed by atoms with E-state index >= 15 is 0 Å². The molecular formula is C23H29N3O3. The van der Waals surface area contributed by atoms with Crippen LogP contribution in [0.2, 0.25) is 0 Å². The monoisotopic (exact) mass is 395 g/mol. The third kappa shape index (κ3) is 3.95. The van der Waals surface area contributed by atoms with Crippen molar-refractivity contribution in [2.45, 2.75) is 46.0 Å². The highest BCUT2D eigenvalue weighted by Crippen LogP contribution is 2.45. The number of Topliss-reactive ketones (excluding diaryl/α,β-unsaturated/α-hetero) is 1. The second kappa shape index (κ2) is 8.60. The average Bonchev–Trinajstić information content (AvgIpc) is 2.70. The first-order valence-electron chi connectivity index (χ1n) is 10.2. The van der Waals surface area contributed by atoms with Gasteiger partial charge < -0.3 is 20.1 Å². The highest BCUT2D eigenvalue weighted by atomic mass is 16.5. The lowest BCUT2D eigenvalue weighted by atomic mass is 9.76. The molecule has 3 rings (SSSR count). The van der Waals surface area contributed by atoms with Crippen molar-refractivity contribution in [1.82, 2.24) is 4.90 Å². The number of allylic oxidation sites excluding steroid dienone is 3. The third-order valence-corrected chi connectivity index (χ3v) is 5.34. The standard InChI is InChI=1S/C23H29N3O3/c1-5-28-20-11-15(9-10-19(20)29-13-14(2)3)21-16(12-24)23(25)26(4)17-7-6-8-18(27)22(17)21/h9-11,14,21H,5-8,13,25H2,1-4H3/t21-/m0/s1. The number of ether oxygens (including phenoxy) is 2. The van der Waals surface area contributed by atoms with Crippen LogP contribution in [0.3, 0.4) is 0 Å². The summed E-state index contributed by atoms with van der Waals surface area (Å²) in [4.78, 5) is 14.7. The van der Waals surface area contributed by atoms with Crippen molar-refractivity contribution < 1.29 is 14.3 Å². The number of nitriles is 1. The largest absolute Gasteiger partial charge is 0.490 e. The molecule has 1 aromatic rings. The third-order valence-electron chi connectivity index (χ3n) is 5.34. The number of hydrogen-bond donors (Lipinski definition) is 1. The molecular weight excluding hydrogens is 366 g/mol. The Balaban J connectivity index is 2.11. The summed E-state index contributed by atoms with van der Waals surface area (Å²) in [5.74, 6) is 1.68. The van der Waals surface area contributed by atoms with Gasteiger partial charge in [-0.3, -0.25) is 4.79 Å². The Kier molecular flexibility index (Phi) is 6.17. The number of carbonyl (C=O) groups excluding carboxylic acids is 1. The van der Waals surface area contributed by atoms with E-state index in [0.29, 0.717) is 54.0 Å². The van der Waals surface area contributed by atoms with Crippen LogP contribution in [0, 0.1) is 17.2 Å². The van der Waals surface area contributed by atoms with Crippen LogP contribution in [0.15, 0.2) is 40.9 Å². The lowest BCUT2D eigenvalue weighted by Gasteiger charge is -2.37. The summed E-state index contributed by atoms with van der Waals surface area (Å²) in [6, 6.07) is 7.90. The summed E-state index contributed by atoms with van der Waals surface area (Å²) in [5, 5.41) is 9.86. The maximum Gasteiger partial charge on any atom is 0.161 e. The number of nitrogens with two attached hydrogens (primary N) is 1. The van der Waals surface area contributed by atoms with Crippen molar-refractivity contribution in [2.75, 3.05) is 20.3 Å². The minimum absolute atomic E-state index is 0.0847. The molecule has 0 radical (unpaired) electrons. The topological polar surface area (TPSA) is 88.6 Å². The molecule has 1 aromatic carbocycles. The fourth-order valence-electron chi connectivity index (χ4n) is 3.94. The molecule has 0 saturated carbocycles. The minimum Gasteiger partial charge on any atom is -0.490 e. The van der Waals surface area contributed by atoms with Crippen molar-refractivity contribution >= 4 is 5.78 Å². The molecule has 6 nitrogen and oxygen atoms in total. The van der Waals surface area contributed by atoms with E-state index in [2.05, 4.69) is 19.9 Å². The highest BCUT2D eigenvalue weighted by Gasteiger charge is 2.38. The molecule has 0 spiro atoms. The van der Waals surface area contributed by atoms with Crippen LogP contribution >= 0.6 is 0 Å². The van der Waals surface area contributed by atoms with Gasteiger partial charge in [-0.25, -0.2) is 0 Å². The smallest absolute Gasteiger partial charge is 0.161 e. The predicted octanol–water partition coefficient (Wildman–Crippen LogP) is 3.85. The highest BCUT2D eigenvalue weighted by molar-refractivity contribution is 5.99. The molecule has 1 heterocycles. The van der Waals surface area contributed by atoms with Crippen LogP contribution in [0.1, 0.15) is 51.5 Å². The van der Waals surface area contributed by atoms with Crippen LogP contribution in [0.4, 0.5) is 0 Å². The fourth-order valence-corrected chi connectivity index (χ4v) is 3.94. The SMILES string of the molecule is CCOc1cc([C@H]2C(C#N)=C(N)N(C)C3=C2C(=O)CCC3)ccc1OCC(C)C. The first-order chi connectivity index (χ1) is 13.9. The fraction of sp³-hybridized carbons (Fsp3) is 0.478. The van der Waals surface area contributed by atoms with Crippen molar-refractivity contribution in [3.05, 3.63) is 46.4 Å². The van der Waals surface area contributed by atoms with E-state index in [0.717, 1.165) is 24.1 Å². The van der Waals surface area contributed by atoms with E-state index < -0.39 is 5.92 Å². The molecule has 0 fully saturated rings. The van der Waals surface area contributed by atoms with Gasteiger partial charge in [-0.15, -0.1) is 0 Å². The lowest BCUT2D eigenvalue weighted by molar-refractivity contribution is -0.116. The first kappa shape index (κ1) is 20.8. The van der Waals surface area contributed by atoms with Gasteiger partial charge in [-0.2, -0.15) is 5.26 Å². The molecule has 2 aliphatic rings. The van der Waals surface area contributed by atoms with Gasteiger partial charge in [0.05, 0.1) is 30.8 Å². The second-order valence-electron chi connectivity index (χ2n) is 7.88. The Labute approximate surface area is 172 Å². The predicted molar refractivity (Wildman–Crippen MR) is 111 cm³/mol. The summed E-state index contributed by atoms with van der Waals surface area (Å²) in [6.07, 6.45) is 2.08. The van der Waals surface area contributed by atoms with Crippen LogP contribution in [0.25, 0.3) is 0 Å². The zero-order chi connectivity index (χ0) is 21.1. The molecule has 154 valence electrons. The van der Waals surface area contributed by atoms with E-state index in [1.54, 1.807) is 4.90 Å². The van der Waals surface area contributed by atoms with Crippen LogP contribution < -0.4 is 15.2 Å². The van der Waals surface area contributed by atoms with Crippen molar-refractivity contribution in [1.29, 1.82) is 5.26 Å². The van der Waals surface area contributed by atoms with Gasteiger partial charge in [0.2, 0.25) is 0 Å². The summed E-state index contributed by atoms with van der Waals surface area (Å²) in [7, 11) is 1.82. The molecule has 0 amide bonds. The van der Waals surface area contributed by atoms with Crippen LogP contribution in [0.5, 0.6) is 11.5 Å². The van der Waals surface area contributed by atoms with E-state index in [-0.39, 0.29) is 5.78 Å². The molecule has 0 bridgehead atoms. The Bertz CT molecular complexity index is 908. The van der Waals surface area contributed by atoms with E-state index in [1.807, 2.05) is 32.2 Å².